The average molecular weight is 1060 g/mol. The molecule has 8 rings (SSSR count). The number of benzene rings is 8. The van der Waals surface area contributed by atoms with Crippen LogP contribution >= 0.6 is 0 Å². The summed E-state index contributed by atoms with van der Waals surface area (Å²) in [5.41, 5.74) is 4.95. The molecule has 8 aromatic rings. The Balaban J connectivity index is 0.967. The third-order valence-electron chi connectivity index (χ3n) is 13.8. The van der Waals surface area contributed by atoms with Gasteiger partial charge in [0.2, 0.25) is 19.7 Å². The highest BCUT2D eigenvalue weighted by Gasteiger charge is 2.29. The number of aliphatic hydroxyl groups is 4. The topological polar surface area (TPSA) is 186 Å². The molecule has 0 bridgehead atoms. The van der Waals surface area contributed by atoms with Gasteiger partial charge in [-0.3, -0.25) is 0 Å². The summed E-state index contributed by atoms with van der Waals surface area (Å²) in [5, 5.41) is 42.4. The molecule has 0 radical (unpaired) electrons. The lowest BCUT2D eigenvalue weighted by atomic mass is 9.76. The molecule has 0 aliphatic carbocycles. The second-order valence-corrected chi connectivity index (χ2v) is 23.7. The molecule has 0 spiro atoms. The number of sulfone groups is 2. The first kappa shape index (κ1) is 54.9. The molecule has 3 atom stereocenters. The van der Waals surface area contributed by atoms with E-state index in [1.165, 1.54) is 85.8 Å². The molecule has 3 unspecified atom stereocenters. The molecule has 0 aliphatic rings. The van der Waals surface area contributed by atoms with Crippen LogP contribution in [0.2, 0.25) is 0 Å². The monoisotopic (exact) mass is 1060 g/mol. The highest BCUT2D eigenvalue weighted by molar-refractivity contribution is 7.91. The van der Waals surface area contributed by atoms with Gasteiger partial charge in [-0.05, 0) is 169 Å². The van der Waals surface area contributed by atoms with Crippen LogP contribution in [0, 0.1) is 6.92 Å². The van der Waals surface area contributed by atoms with Gasteiger partial charge in [0.1, 0.15) is 46.4 Å². The van der Waals surface area contributed by atoms with Crippen LogP contribution in [0.1, 0.15) is 79.7 Å². The van der Waals surface area contributed by atoms with Crippen LogP contribution in [0.3, 0.4) is 0 Å². The average Bonchev–Trinajstić information content (AvgIpc) is 3.42. The van der Waals surface area contributed by atoms with Gasteiger partial charge in [-0.15, -0.1) is 0 Å². The minimum atomic E-state index is -3.93. The van der Waals surface area contributed by atoms with Crippen LogP contribution in [0.5, 0.6) is 40.2 Å². The molecule has 8 aromatic carbocycles. The van der Waals surface area contributed by atoms with Crippen molar-refractivity contribution >= 4 is 19.7 Å². The summed E-state index contributed by atoms with van der Waals surface area (Å²) in [4.78, 5) is 0.298. The minimum Gasteiger partial charge on any atom is -0.497 e. The zero-order valence-corrected chi connectivity index (χ0v) is 45.0. The standard InChI is InChI=1S/C62H62O12S2/c1-40-8-10-43(11-9-40)61(3,4)44-12-16-49(17-13-44)72-50-20-28-54(29-21-50)76(69,70)55-30-22-51(23-31-55)73-58-34-14-45(36-42(58)37-47(65)39-63)62(5,6)46-15-35-59(57(38-46)60(66)41(2)64)74-52-24-32-56(33-25-52)75(67,68)53-26-18-48(71-7)19-27-53/h8-36,38,41,47,60,63-66H,37,39H2,1-7H3. The molecule has 14 heteroatoms. The molecule has 0 heterocycles. The Morgan fingerprint density at radius 2 is 0.816 bits per heavy atom. The van der Waals surface area contributed by atoms with Crippen molar-refractivity contribution in [3.63, 3.8) is 0 Å². The summed E-state index contributed by atoms with van der Waals surface area (Å²) >= 11 is 0. The number of ether oxygens (including phenoxy) is 4. The molecule has 12 nitrogen and oxygen atoms in total. The Bertz CT molecular complexity index is 3500. The normalized spacial score (nSPS) is 13.4. The van der Waals surface area contributed by atoms with Gasteiger partial charge >= 0.3 is 0 Å². The van der Waals surface area contributed by atoms with Gasteiger partial charge in [-0.1, -0.05) is 87.9 Å². The van der Waals surface area contributed by atoms with E-state index in [4.69, 9.17) is 18.9 Å². The minimum absolute atomic E-state index is 0.0262. The quantitative estimate of drug-likeness (QED) is 0.0567. The maximum atomic E-state index is 13.8. The predicted molar refractivity (Wildman–Crippen MR) is 292 cm³/mol. The lowest BCUT2D eigenvalue weighted by molar-refractivity contribution is 0.0292. The van der Waals surface area contributed by atoms with E-state index in [-0.39, 0.29) is 37.2 Å². The molecule has 0 saturated carbocycles. The Morgan fingerprint density at radius 3 is 1.25 bits per heavy atom. The van der Waals surface area contributed by atoms with Gasteiger partial charge in [-0.2, -0.15) is 0 Å². The molecular formula is C62H62O12S2. The summed E-state index contributed by atoms with van der Waals surface area (Å²) in [6.45, 7) is 11.3. The van der Waals surface area contributed by atoms with Crippen molar-refractivity contribution in [3.8, 4) is 40.2 Å². The maximum absolute atomic E-state index is 13.8. The number of hydrogen-bond acceptors (Lipinski definition) is 12. The SMILES string of the molecule is COc1ccc(S(=O)(=O)c2ccc(Oc3ccc(C(C)(C)c4ccc(Oc5ccc(S(=O)(=O)c6ccc(Oc7ccc(C(C)(C)c8ccc(C)cc8)cc7)cc6)cc5)c(CC(O)CO)c4)cc3C(O)C(C)O)cc2)cc1. The van der Waals surface area contributed by atoms with E-state index in [0.717, 1.165) is 16.7 Å². The lowest BCUT2D eigenvalue weighted by Crippen LogP contribution is -2.22. The van der Waals surface area contributed by atoms with Crippen LogP contribution in [0.4, 0.5) is 0 Å². The van der Waals surface area contributed by atoms with Crippen molar-refractivity contribution in [2.45, 2.75) is 96.7 Å². The fourth-order valence-corrected chi connectivity index (χ4v) is 11.3. The van der Waals surface area contributed by atoms with Gasteiger partial charge in [0, 0.05) is 22.8 Å². The molecule has 0 aromatic heterocycles. The van der Waals surface area contributed by atoms with Crippen LogP contribution in [-0.2, 0) is 36.9 Å². The van der Waals surface area contributed by atoms with Crippen molar-refractivity contribution < 1.29 is 56.2 Å². The van der Waals surface area contributed by atoms with Crippen LogP contribution in [0.25, 0.3) is 0 Å². The number of rotatable bonds is 20. The second-order valence-electron chi connectivity index (χ2n) is 19.8. The molecule has 76 heavy (non-hydrogen) atoms. The number of aryl methyl sites for hydroxylation is 1. The molecule has 0 fully saturated rings. The third kappa shape index (κ3) is 12.0. The van der Waals surface area contributed by atoms with E-state index in [9.17, 15) is 37.3 Å². The van der Waals surface area contributed by atoms with E-state index in [0.29, 0.717) is 45.6 Å². The summed E-state index contributed by atoms with van der Waals surface area (Å²) < 4.78 is 78.0. The fourth-order valence-electron chi connectivity index (χ4n) is 8.79. The van der Waals surface area contributed by atoms with Crippen LogP contribution < -0.4 is 18.9 Å². The van der Waals surface area contributed by atoms with E-state index in [1.807, 2.05) is 56.3 Å². The Kier molecular flexibility index (Phi) is 16.3. The zero-order valence-electron chi connectivity index (χ0n) is 43.3. The highest BCUT2D eigenvalue weighted by Crippen LogP contribution is 2.41. The van der Waals surface area contributed by atoms with E-state index < -0.39 is 50.0 Å². The van der Waals surface area contributed by atoms with Gasteiger partial charge in [0.05, 0.1) is 45.5 Å². The molecule has 394 valence electrons. The third-order valence-corrected chi connectivity index (χ3v) is 17.3. The number of aliphatic hydroxyl groups excluding tert-OH is 4. The van der Waals surface area contributed by atoms with Crippen molar-refractivity contribution in [3.05, 3.63) is 221 Å². The summed E-state index contributed by atoms with van der Waals surface area (Å²) in [6, 6.07) is 51.4. The number of methoxy groups -OCH3 is 1. The number of hydrogen-bond donors (Lipinski definition) is 4. The summed E-state index contributed by atoms with van der Waals surface area (Å²) in [7, 11) is -6.27. The summed E-state index contributed by atoms with van der Waals surface area (Å²) in [6.07, 6.45) is -3.63. The second kappa shape index (κ2) is 22.5. The van der Waals surface area contributed by atoms with Gasteiger partial charge < -0.3 is 39.4 Å². The van der Waals surface area contributed by atoms with E-state index >= 15 is 0 Å². The fraction of sp³-hybridized carbons (Fsp3) is 0.226. The van der Waals surface area contributed by atoms with Gasteiger partial charge in [0.25, 0.3) is 0 Å². The largest absolute Gasteiger partial charge is 0.497 e. The Hall–Kier alpha value is -7.30. The maximum Gasteiger partial charge on any atom is 0.206 e. The molecule has 0 amide bonds. The molecular weight excluding hydrogens is 1000 g/mol. The van der Waals surface area contributed by atoms with E-state index in [1.54, 1.807) is 54.6 Å². The zero-order chi connectivity index (χ0) is 54.6. The molecule has 0 saturated heterocycles. The first-order chi connectivity index (χ1) is 36.1. The van der Waals surface area contributed by atoms with Crippen LogP contribution in [-0.4, -0.2) is 63.2 Å². The van der Waals surface area contributed by atoms with Crippen molar-refractivity contribution in [2.24, 2.45) is 0 Å². The van der Waals surface area contributed by atoms with Gasteiger partial charge in [-0.25, -0.2) is 16.8 Å². The highest BCUT2D eigenvalue weighted by atomic mass is 32.2. The smallest absolute Gasteiger partial charge is 0.206 e. The first-order valence-electron chi connectivity index (χ1n) is 24.7. The molecule has 4 N–H and O–H groups in total. The van der Waals surface area contributed by atoms with E-state index in [2.05, 4.69) is 45.0 Å². The van der Waals surface area contributed by atoms with Crippen molar-refractivity contribution in [1.82, 2.24) is 0 Å². The molecule has 0 aliphatic heterocycles. The Labute approximate surface area is 445 Å². The predicted octanol–water partition coefficient (Wildman–Crippen LogP) is 12.0. The lowest BCUT2D eigenvalue weighted by Gasteiger charge is -2.29. The first-order valence-corrected chi connectivity index (χ1v) is 27.7. The Morgan fingerprint density at radius 1 is 0.461 bits per heavy atom. The van der Waals surface area contributed by atoms with Crippen LogP contribution in [0.15, 0.2) is 202 Å². The van der Waals surface area contributed by atoms with Crippen molar-refractivity contribution in [1.29, 1.82) is 0 Å². The summed E-state index contributed by atoms with van der Waals surface area (Å²) in [5.74, 6) is 2.88. The van der Waals surface area contributed by atoms with Crippen molar-refractivity contribution in [2.75, 3.05) is 13.7 Å². The van der Waals surface area contributed by atoms with Gasteiger partial charge in [0.15, 0.2) is 0 Å².